The van der Waals surface area contributed by atoms with Gasteiger partial charge < -0.3 is 4.74 Å². The lowest BCUT2D eigenvalue weighted by Gasteiger charge is -2.05. The van der Waals surface area contributed by atoms with Crippen molar-refractivity contribution in [2.24, 2.45) is 0 Å². The Morgan fingerprint density at radius 2 is 2.09 bits per heavy atom. The Labute approximate surface area is 80.3 Å². The van der Waals surface area contributed by atoms with Crippen LogP contribution in [-0.4, -0.2) is 7.11 Å². The van der Waals surface area contributed by atoms with Gasteiger partial charge in [0.2, 0.25) is 0 Å². The van der Waals surface area contributed by atoms with Crippen LogP contribution in [0.25, 0.3) is 0 Å². The zero-order chi connectivity index (χ0) is 8.43. The topological polar surface area (TPSA) is 9.23 Å². The van der Waals surface area contributed by atoms with Crippen molar-refractivity contribution >= 4 is 28.6 Å². The fourth-order valence-electron chi connectivity index (χ4n) is 0.808. The highest BCUT2D eigenvalue weighted by Gasteiger charge is 2.01. The molecular weight excluding hydrogens is 224 g/mol. The molecule has 0 atom stereocenters. The van der Waals surface area contributed by atoms with Gasteiger partial charge in [-0.2, -0.15) is 0 Å². The normalized spacial score (nSPS) is 9.82. The summed E-state index contributed by atoms with van der Waals surface area (Å²) in [4.78, 5) is 0.852. The fourth-order valence-corrected chi connectivity index (χ4v) is 1.61. The Morgan fingerprint density at radius 3 is 2.64 bits per heavy atom. The Balaban J connectivity index is 3.21. The smallest absolute Gasteiger partial charge is 0.132 e. The van der Waals surface area contributed by atoms with Gasteiger partial charge in [0.1, 0.15) is 5.75 Å². The summed E-state index contributed by atoms with van der Waals surface area (Å²) in [7, 11) is 1.64. The molecule has 0 radical (unpaired) electrons. The third-order valence-corrected chi connectivity index (χ3v) is 2.66. The second kappa shape index (κ2) is 3.50. The van der Waals surface area contributed by atoms with E-state index in [9.17, 15) is 0 Å². The molecule has 1 aromatic carbocycles. The first-order valence-corrected chi connectivity index (χ1v) is 4.42. The van der Waals surface area contributed by atoms with Gasteiger partial charge in [-0.25, -0.2) is 0 Å². The van der Waals surface area contributed by atoms with Crippen LogP contribution in [0.5, 0.6) is 5.75 Å². The summed E-state index contributed by atoms with van der Waals surface area (Å²) < 4.78 is 6.14. The van der Waals surface area contributed by atoms with E-state index in [2.05, 4.69) is 28.6 Å². The lowest BCUT2D eigenvalue weighted by atomic mass is 10.2. The van der Waals surface area contributed by atoms with Crippen molar-refractivity contribution in [2.45, 2.75) is 11.8 Å². The van der Waals surface area contributed by atoms with Crippen LogP contribution in [0, 0.1) is 6.92 Å². The van der Waals surface area contributed by atoms with E-state index in [-0.39, 0.29) is 0 Å². The summed E-state index contributed by atoms with van der Waals surface area (Å²) in [5.74, 6) is 0.814. The van der Waals surface area contributed by atoms with Crippen molar-refractivity contribution < 1.29 is 4.74 Å². The van der Waals surface area contributed by atoms with Crippen LogP contribution < -0.4 is 4.74 Å². The molecule has 0 saturated heterocycles. The van der Waals surface area contributed by atoms with Crippen molar-refractivity contribution in [1.29, 1.82) is 0 Å². The second-order valence-corrected chi connectivity index (χ2v) is 3.61. The zero-order valence-electron chi connectivity index (χ0n) is 6.39. The van der Waals surface area contributed by atoms with Gasteiger partial charge in [0, 0.05) is 9.37 Å². The number of halogens is 1. The molecule has 1 aromatic rings. The third kappa shape index (κ3) is 1.91. The minimum Gasteiger partial charge on any atom is -0.496 e. The molecule has 0 saturated carbocycles. The van der Waals surface area contributed by atoms with Gasteiger partial charge in [-0.05, 0) is 24.6 Å². The van der Waals surface area contributed by atoms with E-state index in [1.165, 1.54) is 0 Å². The maximum absolute atomic E-state index is 5.08. The predicted octanol–water partition coefficient (Wildman–Crippen LogP) is 3.05. The first-order chi connectivity index (χ1) is 5.15. The molecule has 11 heavy (non-hydrogen) atoms. The second-order valence-electron chi connectivity index (χ2n) is 2.27. The molecule has 0 aliphatic heterocycles. The highest BCUT2D eigenvalue weighted by atomic mass is 79.9. The molecule has 0 amide bonds. The molecule has 1 rings (SSSR count). The largest absolute Gasteiger partial charge is 0.496 e. The Morgan fingerprint density at radius 1 is 1.45 bits per heavy atom. The van der Waals surface area contributed by atoms with Gasteiger partial charge in [-0.3, -0.25) is 0 Å². The van der Waals surface area contributed by atoms with E-state index in [1.54, 1.807) is 7.11 Å². The molecule has 0 aromatic heterocycles. The van der Waals surface area contributed by atoms with Crippen molar-refractivity contribution in [1.82, 2.24) is 0 Å². The van der Waals surface area contributed by atoms with Crippen molar-refractivity contribution in [2.75, 3.05) is 7.11 Å². The maximum atomic E-state index is 5.08. The summed E-state index contributed by atoms with van der Waals surface area (Å²) >= 11 is 7.64. The minimum atomic E-state index is 0.814. The van der Waals surface area contributed by atoms with Gasteiger partial charge in [-0.15, -0.1) is 12.6 Å². The molecule has 3 heteroatoms. The average molecular weight is 233 g/mol. The van der Waals surface area contributed by atoms with Crippen molar-refractivity contribution in [3.63, 3.8) is 0 Å². The van der Waals surface area contributed by atoms with Gasteiger partial charge in [0.25, 0.3) is 0 Å². The summed E-state index contributed by atoms with van der Waals surface area (Å²) in [6.07, 6.45) is 0. The molecule has 0 aliphatic rings. The van der Waals surface area contributed by atoms with Crippen molar-refractivity contribution in [3.05, 3.63) is 22.2 Å². The van der Waals surface area contributed by atoms with Crippen LogP contribution in [0.2, 0.25) is 0 Å². The van der Waals surface area contributed by atoms with E-state index in [0.717, 1.165) is 20.7 Å². The molecule has 0 spiro atoms. The number of rotatable bonds is 1. The predicted molar refractivity (Wildman–Crippen MR) is 52.7 cm³/mol. The average Bonchev–Trinajstić information content (AvgIpc) is 1.97. The van der Waals surface area contributed by atoms with Crippen LogP contribution in [-0.2, 0) is 0 Å². The van der Waals surface area contributed by atoms with Crippen LogP contribution in [0.3, 0.4) is 0 Å². The number of benzene rings is 1. The number of methoxy groups -OCH3 is 1. The highest BCUT2D eigenvalue weighted by Crippen LogP contribution is 2.28. The number of hydrogen-bond acceptors (Lipinski definition) is 2. The van der Waals surface area contributed by atoms with E-state index >= 15 is 0 Å². The summed E-state index contributed by atoms with van der Waals surface area (Å²) in [6, 6.07) is 3.88. The number of aryl methyl sites for hydroxylation is 1. The first-order valence-electron chi connectivity index (χ1n) is 3.18. The molecule has 60 valence electrons. The van der Waals surface area contributed by atoms with E-state index in [1.807, 2.05) is 19.1 Å². The van der Waals surface area contributed by atoms with Gasteiger partial charge >= 0.3 is 0 Å². The van der Waals surface area contributed by atoms with Crippen LogP contribution >= 0.6 is 28.6 Å². The maximum Gasteiger partial charge on any atom is 0.132 e. The molecule has 0 N–H and O–H groups in total. The Bertz CT molecular complexity index is 273. The van der Waals surface area contributed by atoms with Gasteiger partial charge in [0.05, 0.1) is 7.11 Å². The van der Waals surface area contributed by atoms with Crippen LogP contribution in [0.1, 0.15) is 5.56 Å². The molecular formula is C8H9BrOS. The molecule has 0 fully saturated rings. The quantitative estimate of drug-likeness (QED) is 0.733. The molecule has 1 nitrogen and oxygen atoms in total. The van der Waals surface area contributed by atoms with Crippen LogP contribution in [0.4, 0.5) is 0 Å². The monoisotopic (exact) mass is 232 g/mol. The minimum absolute atomic E-state index is 0.814. The molecule has 0 aliphatic carbocycles. The number of ether oxygens (including phenoxy) is 1. The zero-order valence-corrected chi connectivity index (χ0v) is 8.87. The summed E-state index contributed by atoms with van der Waals surface area (Å²) in [5, 5.41) is 0. The van der Waals surface area contributed by atoms with E-state index in [4.69, 9.17) is 4.74 Å². The van der Waals surface area contributed by atoms with Crippen molar-refractivity contribution in [3.8, 4) is 5.75 Å². The number of hydrogen-bond donors (Lipinski definition) is 1. The van der Waals surface area contributed by atoms with Gasteiger partial charge in [0.15, 0.2) is 0 Å². The summed E-state index contributed by atoms with van der Waals surface area (Å²) in [5.41, 5.74) is 1.15. The summed E-state index contributed by atoms with van der Waals surface area (Å²) in [6.45, 7) is 2.01. The lowest BCUT2D eigenvalue weighted by molar-refractivity contribution is 0.404. The van der Waals surface area contributed by atoms with E-state index < -0.39 is 0 Å². The molecule has 0 unspecified atom stereocenters. The number of thiol groups is 1. The Kier molecular flexibility index (Phi) is 2.84. The fraction of sp³-hybridized carbons (Fsp3) is 0.250. The molecule has 0 heterocycles. The van der Waals surface area contributed by atoms with Gasteiger partial charge in [-0.1, -0.05) is 15.9 Å². The highest BCUT2D eigenvalue weighted by molar-refractivity contribution is 9.10. The Hall–Kier alpha value is -0.150. The van der Waals surface area contributed by atoms with Crippen LogP contribution in [0.15, 0.2) is 21.5 Å². The first kappa shape index (κ1) is 8.94. The SMILES string of the molecule is COc1cc(C)c(Br)cc1S. The lowest BCUT2D eigenvalue weighted by Crippen LogP contribution is -1.86. The standard InChI is InChI=1S/C8H9BrOS/c1-5-3-7(10-2)8(11)4-6(5)9/h3-4,11H,1-2H3. The van der Waals surface area contributed by atoms with E-state index in [0.29, 0.717) is 0 Å². The molecule has 0 bridgehead atoms. The third-order valence-electron chi connectivity index (χ3n) is 1.46.